The molecule has 0 unspecified atom stereocenters. The number of quaternary nitrogens is 1. The third kappa shape index (κ3) is 6.00. The third-order valence-electron chi connectivity index (χ3n) is 6.07. The van der Waals surface area contributed by atoms with Crippen LogP contribution < -0.4 is 10.2 Å². The van der Waals surface area contributed by atoms with E-state index in [9.17, 15) is 4.79 Å². The molecule has 1 aliphatic rings. The highest BCUT2D eigenvalue weighted by atomic mass is 79.9. The van der Waals surface area contributed by atoms with Crippen LogP contribution in [0.25, 0.3) is 11.5 Å². The Kier molecular flexibility index (Phi) is 7.66. The van der Waals surface area contributed by atoms with Crippen molar-refractivity contribution in [2.24, 2.45) is 5.92 Å². The van der Waals surface area contributed by atoms with Crippen LogP contribution in [0.15, 0.2) is 57.4 Å². The molecule has 1 saturated heterocycles. The molecule has 4 rings (SSSR count). The Hall–Kier alpha value is -2.15. The summed E-state index contributed by atoms with van der Waals surface area (Å²) in [5.74, 6) is 1.80. The SMILES string of the molecule is Cc1oc(-c2cccc(Br)c2)nc1C[NH+]1CCC(C(=O)NCCc2ccc(Cl)cc2)CC1. The van der Waals surface area contributed by atoms with Crippen LogP contribution in [0.5, 0.6) is 0 Å². The van der Waals surface area contributed by atoms with Crippen LogP contribution >= 0.6 is 27.5 Å². The van der Waals surface area contributed by atoms with Gasteiger partial charge in [-0.15, -0.1) is 0 Å². The minimum atomic E-state index is 0.0969. The minimum absolute atomic E-state index is 0.0969. The number of piperidine rings is 1. The zero-order valence-corrected chi connectivity index (χ0v) is 20.5. The van der Waals surface area contributed by atoms with E-state index in [4.69, 9.17) is 21.0 Å². The first-order valence-electron chi connectivity index (χ1n) is 11.1. The van der Waals surface area contributed by atoms with Crippen LogP contribution in [0, 0.1) is 12.8 Å². The van der Waals surface area contributed by atoms with E-state index in [1.807, 2.05) is 55.5 Å². The normalized spacial score (nSPS) is 18.5. The molecule has 5 nitrogen and oxygen atoms in total. The molecular formula is C25H28BrClN3O2+. The average Bonchev–Trinajstić information content (AvgIpc) is 3.16. The van der Waals surface area contributed by atoms with Gasteiger partial charge in [0.15, 0.2) is 0 Å². The van der Waals surface area contributed by atoms with Crippen molar-refractivity contribution >= 4 is 33.4 Å². The Balaban J connectivity index is 1.24. The Morgan fingerprint density at radius 1 is 1.22 bits per heavy atom. The summed E-state index contributed by atoms with van der Waals surface area (Å²) in [4.78, 5) is 18.8. The van der Waals surface area contributed by atoms with Gasteiger partial charge in [-0.2, -0.15) is 0 Å². The Morgan fingerprint density at radius 3 is 2.69 bits per heavy atom. The number of halogens is 2. The minimum Gasteiger partial charge on any atom is -0.441 e. The van der Waals surface area contributed by atoms with Crippen molar-refractivity contribution in [2.45, 2.75) is 32.7 Å². The van der Waals surface area contributed by atoms with Crippen LogP contribution in [0.4, 0.5) is 0 Å². The Bertz CT molecular complexity index is 1060. The van der Waals surface area contributed by atoms with Gasteiger partial charge in [0.05, 0.1) is 13.1 Å². The second-order valence-electron chi connectivity index (χ2n) is 8.40. The van der Waals surface area contributed by atoms with E-state index < -0.39 is 0 Å². The molecule has 1 fully saturated rings. The van der Waals surface area contributed by atoms with Crippen molar-refractivity contribution < 1.29 is 14.1 Å². The monoisotopic (exact) mass is 516 g/mol. The summed E-state index contributed by atoms with van der Waals surface area (Å²) >= 11 is 9.42. The Labute approximate surface area is 202 Å². The highest BCUT2D eigenvalue weighted by Crippen LogP contribution is 2.24. The summed E-state index contributed by atoms with van der Waals surface area (Å²) in [6.45, 7) is 5.39. The summed E-state index contributed by atoms with van der Waals surface area (Å²) in [7, 11) is 0. The van der Waals surface area contributed by atoms with Crippen molar-refractivity contribution in [1.29, 1.82) is 0 Å². The molecule has 0 saturated carbocycles. The Morgan fingerprint density at radius 2 is 1.97 bits per heavy atom. The van der Waals surface area contributed by atoms with Crippen LogP contribution in [-0.2, 0) is 17.8 Å². The number of aryl methyl sites for hydroxylation is 1. The molecule has 32 heavy (non-hydrogen) atoms. The number of likely N-dealkylation sites (tertiary alicyclic amines) is 1. The smallest absolute Gasteiger partial charge is 0.226 e. The lowest BCUT2D eigenvalue weighted by molar-refractivity contribution is -0.919. The summed E-state index contributed by atoms with van der Waals surface area (Å²) in [5.41, 5.74) is 3.15. The van der Waals surface area contributed by atoms with E-state index >= 15 is 0 Å². The first kappa shape index (κ1) is 23.0. The first-order chi connectivity index (χ1) is 15.5. The maximum Gasteiger partial charge on any atom is 0.226 e. The fraction of sp³-hybridized carbons (Fsp3) is 0.360. The molecule has 1 amide bonds. The summed E-state index contributed by atoms with van der Waals surface area (Å²) in [6, 6.07) is 15.8. The van der Waals surface area contributed by atoms with E-state index in [0.717, 1.165) is 65.4 Å². The first-order valence-corrected chi connectivity index (χ1v) is 12.2. The number of benzene rings is 2. The molecule has 0 atom stereocenters. The number of amides is 1. The van der Waals surface area contributed by atoms with Crippen LogP contribution in [-0.4, -0.2) is 30.5 Å². The van der Waals surface area contributed by atoms with E-state index in [0.29, 0.717) is 12.4 Å². The number of nitrogens with zero attached hydrogens (tertiary/aromatic N) is 1. The number of aromatic nitrogens is 1. The number of hydrogen-bond acceptors (Lipinski definition) is 3. The molecule has 0 spiro atoms. The molecule has 7 heteroatoms. The molecule has 0 radical (unpaired) electrons. The van der Waals surface area contributed by atoms with E-state index in [1.54, 1.807) is 0 Å². The van der Waals surface area contributed by atoms with Gasteiger partial charge in [-0.1, -0.05) is 45.7 Å². The lowest BCUT2D eigenvalue weighted by Gasteiger charge is -2.28. The van der Waals surface area contributed by atoms with Crippen LogP contribution in [0.2, 0.25) is 5.02 Å². The molecule has 0 aliphatic carbocycles. The summed E-state index contributed by atoms with van der Waals surface area (Å²) in [6.07, 6.45) is 2.62. The third-order valence-corrected chi connectivity index (χ3v) is 6.82. The predicted molar refractivity (Wildman–Crippen MR) is 130 cm³/mol. The van der Waals surface area contributed by atoms with Gasteiger partial charge in [0, 0.05) is 40.4 Å². The van der Waals surface area contributed by atoms with Crippen molar-refractivity contribution in [3.63, 3.8) is 0 Å². The second-order valence-corrected chi connectivity index (χ2v) is 9.75. The average molecular weight is 518 g/mol. The zero-order chi connectivity index (χ0) is 22.5. The van der Waals surface area contributed by atoms with Crippen molar-refractivity contribution in [2.75, 3.05) is 19.6 Å². The number of oxazole rings is 1. The standard InChI is InChI=1S/C25H27BrClN3O2/c1-17-23(29-25(32-17)20-3-2-4-21(26)15-20)16-30-13-10-19(11-14-30)24(31)28-12-9-18-5-7-22(27)8-6-18/h2-8,15,19H,9-14,16H2,1H3,(H,28,31)/p+1. The highest BCUT2D eigenvalue weighted by Gasteiger charge is 2.28. The van der Waals surface area contributed by atoms with E-state index in [1.165, 1.54) is 10.5 Å². The van der Waals surface area contributed by atoms with Crippen molar-refractivity contribution in [3.8, 4) is 11.5 Å². The molecule has 0 bridgehead atoms. The fourth-order valence-electron chi connectivity index (χ4n) is 4.16. The molecule has 2 aromatic carbocycles. The summed E-state index contributed by atoms with van der Waals surface area (Å²) < 4.78 is 6.93. The summed E-state index contributed by atoms with van der Waals surface area (Å²) in [5, 5.41) is 3.84. The van der Waals surface area contributed by atoms with Gasteiger partial charge in [0.1, 0.15) is 18.0 Å². The number of nitrogens with one attached hydrogen (secondary N) is 2. The highest BCUT2D eigenvalue weighted by molar-refractivity contribution is 9.10. The quantitative estimate of drug-likeness (QED) is 0.493. The lowest BCUT2D eigenvalue weighted by Crippen LogP contribution is -3.12. The molecular weight excluding hydrogens is 490 g/mol. The van der Waals surface area contributed by atoms with Gasteiger partial charge in [0.25, 0.3) is 0 Å². The van der Waals surface area contributed by atoms with Gasteiger partial charge in [-0.05, 0) is 49.2 Å². The number of carbonyl (C=O) groups is 1. The predicted octanol–water partition coefficient (Wildman–Crippen LogP) is 4.22. The molecule has 2 N–H and O–H groups in total. The van der Waals surface area contributed by atoms with Gasteiger partial charge in [-0.3, -0.25) is 4.79 Å². The fourth-order valence-corrected chi connectivity index (χ4v) is 4.69. The molecule has 3 aromatic rings. The second kappa shape index (κ2) is 10.6. The maximum atomic E-state index is 12.6. The zero-order valence-electron chi connectivity index (χ0n) is 18.2. The van der Waals surface area contributed by atoms with Crippen LogP contribution in [0.3, 0.4) is 0 Å². The van der Waals surface area contributed by atoms with E-state index in [-0.39, 0.29) is 11.8 Å². The van der Waals surface area contributed by atoms with Crippen molar-refractivity contribution in [3.05, 3.63) is 75.0 Å². The van der Waals surface area contributed by atoms with Gasteiger partial charge in [0.2, 0.25) is 11.8 Å². The van der Waals surface area contributed by atoms with Gasteiger partial charge < -0.3 is 14.6 Å². The lowest BCUT2D eigenvalue weighted by atomic mass is 9.95. The maximum absolute atomic E-state index is 12.6. The van der Waals surface area contributed by atoms with E-state index in [2.05, 4.69) is 21.2 Å². The number of rotatable bonds is 7. The topological polar surface area (TPSA) is 59.6 Å². The molecule has 168 valence electrons. The molecule has 2 heterocycles. The number of hydrogen-bond donors (Lipinski definition) is 2. The molecule has 1 aromatic heterocycles. The largest absolute Gasteiger partial charge is 0.441 e. The number of carbonyl (C=O) groups excluding carboxylic acids is 1. The van der Waals surface area contributed by atoms with Crippen molar-refractivity contribution in [1.82, 2.24) is 10.3 Å². The van der Waals surface area contributed by atoms with Gasteiger partial charge >= 0.3 is 0 Å². The molecule has 1 aliphatic heterocycles. The van der Waals surface area contributed by atoms with Gasteiger partial charge in [-0.25, -0.2) is 4.98 Å². The van der Waals surface area contributed by atoms with Crippen LogP contribution in [0.1, 0.15) is 29.9 Å².